The van der Waals surface area contributed by atoms with Crippen molar-refractivity contribution in [3.8, 4) is 0 Å². The average Bonchev–Trinajstić information content (AvgIpc) is 2.38. The van der Waals surface area contributed by atoms with Crippen molar-refractivity contribution in [3.05, 3.63) is 17.2 Å². The SMILES string of the molecule is C=C(CN=O)NCC(C)(C)CC(C)C.CC.CC(C)CO. The summed E-state index contributed by atoms with van der Waals surface area (Å²) in [6, 6.07) is 0. The lowest BCUT2D eigenvalue weighted by Crippen LogP contribution is -2.30. The zero-order valence-electron chi connectivity index (χ0n) is 15.5. The van der Waals surface area contributed by atoms with Crippen molar-refractivity contribution in [1.82, 2.24) is 5.32 Å². The highest BCUT2D eigenvalue weighted by Crippen LogP contribution is 2.24. The molecule has 0 unspecified atom stereocenters. The second kappa shape index (κ2) is 15.5. The van der Waals surface area contributed by atoms with Crippen LogP contribution in [0.2, 0.25) is 0 Å². The Hall–Kier alpha value is -0.900. The van der Waals surface area contributed by atoms with Gasteiger partial charge < -0.3 is 10.4 Å². The smallest absolute Gasteiger partial charge is 0.120 e. The number of nitrogens with one attached hydrogen (secondary N) is 1. The molecule has 0 saturated carbocycles. The van der Waals surface area contributed by atoms with Crippen LogP contribution in [0.25, 0.3) is 0 Å². The Morgan fingerprint density at radius 2 is 1.62 bits per heavy atom. The quantitative estimate of drug-likeness (QED) is 0.645. The minimum absolute atomic E-state index is 0.164. The van der Waals surface area contributed by atoms with E-state index in [1.54, 1.807) is 0 Å². The number of aliphatic hydroxyl groups excluding tert-OH is 1. The molecule has 0 aromatic heterocycles. The maximum Gasteiger partial charge on any atom is 0.120 e. The number of hydrogen-bond donors (Lipinski definition) is 2. The van der Waals surface area contributed by atoms with Crippen LogP contribution < -0.4 is 5.32 Å². The highest BCUT2D eigenvalue weighted by atomic mass is 16.3. The zero-order valence-corrected chi connectivity index (χ0v) is 15.5. The zero-order chi connectivity index (χ0) is 17.5. The molecule has 4 nitrogen and oxygen atoms in total. The summed E-state index contributed by atoms with van der Waals surface area (Å²) >= 11 is 0. The fourth-order valence-electron chi connectivity index (χ4n) is 1.68. The first-order valence-corrected chi connectivity index (χ1v) is 7.96. The molecule has 0 aliphatic heterocycles. The Morgan fingerprint density at radius 1 is 1.19 bits per heavy atom. The molecule has 0 aromatic rings. The van der Waals surface area contributed by atoms with Crippen LogP contribution in [0.15, 0.2) is 17.5 Å². The summed E-state index contributed by atoms with van der Waals surface area (Å²) in [5, 5.41) is 14.1. The minimum atomic E-state index is 0.164. The standard InChI is InChI=1S/C11H22N2O.C4H10O.C2H6/c1-9(2)6-11(4,5)8-12-10(3)7-13-14;1-4(2)3-5;1-2/h9,12H,3,6-8H2,1-2,4-5H3;4-5H,3H2,1-2H3;1-2H3. The number of hydrogen-bond acceptors (Lipinski definition) is 4. The fourth-order valence-corrected chi connectivity index (χ4v) is 1.68. The largest absolute Gasteiger partial charge is 0.396 e. The minimum Gasteiger partial charge on any atom is -0.396 e. The van der Waals surface area contributed by atoms with Crippen molar-refractivity contribution in [3.63, 3.8) is 0 Å². The lowest BCUT2D eigenvalue weighted by atomic mass is 9.84. The van der Waals surface area contributed by atoms with Gasteiger partial charge in [0.2, 0.25) is 0 Å². The summed E-state index contributed by atoms with van der Waals surface area (Å²) in [7, 11) is 0. The topological polar surface area (TPSA) is 61.7 Å². The van der Waals surface area contributed by atoms with Crippen LogP contribution in [0, 0.1) is 22.2 Å². The van der Waals surface area contributed by atoms with Gasteiger partial charge in [-0.1, -0.05) is 67.1 Å². The number of nitrogens with zero attached hydrogens (tertiary/aromatic N) is 1. The van der Waals surface area contributed by atoms with E-state index in [4.69, 9.17) is 5.11 Å². The van der Waals surface area contributed by atoms with Gasteiger partial charge >= 0.3 is 0 Å². The molecule has 0 spiro atoms. The van der Waals surface area contributed by atoms with Crippen LogP contribution in [-0.4, -0.2) is 24.8 Å². The molecule has 0 aliphatic rings. The molecular formula is C17H38N2O2. The molecule has 0 aromatic carbocycles. The number of rotatable bonds is 8. The summed E-state index contributed by atoms with van der Waals surface area (Å²) in [6.45, 7) is 21.8. The van der Waals surface area contributed by atoms with Crippen molar-refractivity contribution in [1.29, 1.82) is 0 Å². The van der Waals surface area contributed by atoms with Crippen LogP contribution in [-0.2, 0) is 0 Å². The van der Waals surface area contributed by atoms with Crippen molar-refractivity contribution >= 4 is 0 Å². The molecule has 4 heteroatoms. The van der Waals surface area contributed by atoms with Crippen molar-refractivity contribution in [2.75, 3.05) is 19.7 Å². The number of nitroso groups, excluding NO2 is 1. The third kappa shape index (κ3) is 24.5. The van der Waals surface area contributed by atoms with Gasteiger partial charge in [0, 0.05) is 18.8 Å². The monoisotopic (exact) mass is 302 g/mol. The van der Waals surface area contributed by atoms with E-state index in [0.29, 0.717) is 24.1 Å². The normalized spacial score (nSPS) is 10.2. The lowest BCUT2D eigenvalue weighted by Gasteiger charge is -2.27. The maximum atomic E-state index is 9.97. The van der Waals surface area contributed by atoms with Gasteiger partial charge in [-0.3, -0.25) is 0 Å². The first-order valence-electron chi connectivity index (χ1n) is 7.96. The molecule has 0 heterocycles. The van der Waals surface area contributed by atoms with E-state index < -0.39 is 0 Å². The molecule has 0 amide bonds. The molecule has 0 atom stereocenters. The van der Waals surface area contributed by atoms with E-state index in [9.17, 15) is 4.91 Å². The van der Waals surface area contributed by atoms with Crippen LogP contribution in [0.4, 0.5) is 0 Å². The van der Waals surface area contributed by atoms with Gasteiger partial charge in [0.1, 0.15) is 6.54 Å². The van der Waals surface area contributed by atoms with Crippen molar-refractivity contribution in [2.24, 2.45) is 22.4 Å². The molecule has 0 rings (SSSR count). The van der Waals surface area contributed by atoms with E-state index in [2.05, 4.69) is 44.8 Å². The average molecular weight is 303 g/mol. The van der Waals surface area contributed by atoms with Crippen LogP contribution in [0.1, 0.15) is 61.8 Å². The van der Waals surface area contributed by atoms with Gasteiger partial charge in [0.05, 0.1) is 0 Å². The molecule has 0 fully saturated rings. The Morgan fingerprint density at radius 3 is 1.90 bits per heavy atom. The summed E-state index contributed by atoms with van der Waals surface area (Å²) in [4.78, 5) is 9.97. The van der Waals surface area contributed by atoms with E-state index in [-0.39, 0.29) is 12.0 Å². The Bertz CT molecular complexity index is 249. The molecule has 2 N–H and O–H groups in total. The first kappa shape index (κ1) is 25.1. The molecule has 0 aliphatic carbocycles. The third-order valence-electron chi connectivity index (χ3n) is 2.40. The van der Waals surface area contributed by atoms with E-state index >= 15 is 0 Å². The molecule has 0 saturated heterocycles. The summed E-state index contributed by atoms with van der Waals surface area (Å²) in [5.41, 5.74) is 0.942. The molecule has 128 valence electrons. The molecule has 0 radical (unpaired) electrons. The predicted molar refractivity (Wildman–Crippen MR) is 94.3 cm³/mol. The van der Waals surface area contributed by atoms with Crippen LogP contribution in [0.5, 0.6) is 0 Å². The summed E-state index contributed by atoms with van der Waals surface area (Å²) < 4.78 is 0. The Kier molecular flexibility index (Phi) is 18.5. The van der Waals surface area contributed by atoms with Crippen LogP contribution in [0.3, 0.4) is 0 Å². The van der Waals surface area contributed by atoms with E-state index in [0.717, 1.165) is 13.0 Å². The molecule has 0 bridgehead atoms. The third-order valence-corrected chi connectivity index (χ3v) is 2.40. The van der Waals surface area contributed by atoms with Crippen molar-refractivity contribution < 1.29 is 5.11 Å². The maximum absolute atomic E-state index is 9.97. The van der Waals surface area contributed by atoms with Crippen molar-refractivity contribution in [2.45, 2.75) is 61.8 Å². The number of aliphatic hydroxyl groups is 1. The van der Waals surface area contributed by atoms with E-state index in [1.165, 1.54) is 0 Å². The van der Waals surface area contributed by atoms with Crippen LogP contribution >= 0.6 is 0 Å². The first-order chi connectivity index (χ1) is 9.64. The van der Waals surface area contributed by atoms with Gasteiger partial charge in [-0.25, -0.2) is 0 Å². The lowest BCUT2D eigenvalue weighted by molar-refractivity contribution is 0.248. The van der Waals surface area contributed by atoms with Gasteiger partial charge in [-0.15, -0.1) is 0 Å². The highest BCUT2D eigenvalue weighted by molar-refractivity contribution is 4.95. The summed E-state index contributed by atoms with van der Waals surface area (Å²) in [6.07, 6.45) is 1.15. The summed E-state index contributed by atoms with van der Waals surface area (Å²) in [5.74, 6) is 1.12. The Labute approximate surface area is 132 Å². The molecule has 21 heavy (non-hydrogen) atoms. The second-order valence-corrected chi connectivity index (χ2v) is 6.58. The fraction of sp³-hybridized carbons (Fsp3) is 0.882. The second-order valence-electron chi connectivity index (χ2n) is 6.58. The highest BCUT2D eigenvalue weighted by Gasteiger charge is 2.19. The van der Waals surface area contributed by atoms with Gasteiger partial charge in [-0.05, 0) is 23.7 Å². The Balaban J connectivity index is -0.000000389. The predicted octanol–water partition coefficient (Wildman–Crippen LogP) is 4.59. The van der Waals surface area contributed by atoms with Gasteiger partial charge in [0.25, 0.3) is 0 Å². The van der Waals surface area contributed by atoms with E-state index in [1.807, 2.05) is 27.7 Å². The molecular weight excluding hydrogens is 264 g/mol. The van der Waals surface area contributed by atoms with Gasteiger partial charge in [-0.2, -0.15) is 4.91 Å². The van der Waals surface area contributed by atoms with Gasteiger partial charge in [0.15, 0.2) is 0 Å².